The topological polar surface area (TPSA) is 66.8 Å². The van der Waals surface area contributed by atoms with Gasteiger partial charge in [-0.25, -0.2) is 0 Å². The number of ether oxygens (including phenoxy) is 1. The van der Waals surface area contributed by atoms with Crippen LogP contribution < -0.4 is 4.74 Å². The summed E-state index contributed by atoms with van der Waals surface area (Å²) in [4.78, 5) is 25.1. The van der Waals surface area contributed by atoms with Crippen molar-refractivity contribution in [1.82, 2.24) is 4.90 Å². The van der Waals surface area contributed by atoms with Crippen molar-refractivity contribution in [1.29, 1.82) is 0 Å². The maximum atomic E-state index is 12.3. The van der Waals surface area contributed by atoms with E-state index in [1.54, 1.807) is 4.90 Å². The van der Waals surface area contributed by atoms with Crippen molar-refractivity contribution in [3.8, 4) is 5.75 Å². The molecule has 22 heavy (non-hydrogen) atoms. The Hall–Kier alpha value is -1.56. The number of piperidine rings is 1. The number of rotatable bonds is 5. The molecule has 120 valence electrons. The minimum atomic E-state index is -0.825. The van der Waals surface area contributed by atoms with E-state index in [0.29, 0.717) is 18.7 Å². The van der Waals surface area contributed by atoms with Crippen LogP contribution in [0.15, 0.2) is 28.7 Å². The highest BCUT2D eigenvalue weighted by atomic mass is 79.9. The Morgan fingerprint density at radius 1 is 1.36 bits per heavy atom. The molecular formula is C16H20BrNO4. The van der Waals surface area contributed by atoms with Crippen LogP contribution in [0.3, 0.4) is 0 Å². The molecule has 2 atom stereocenters. The Morgan fingerprint density at radius 2 is 2.09 bits per heavy atom. The largest absolute Gasteiger partial charge is 0.492 e. The number of aliphatic carboxylic acids is 1. The van der Waals surface area contributed by atoms with Crippen LogP contribution in [0.4, 0.5) is 0 Å². The predicted octanol–water partition coefficient (Wildman–Crippen LogP) is 2.93. The first-order chi connectivity index (χ1) is 10.5. The number of carboxylic acid groups (broad SMARTS) is 1. The van der Waals surface area contributed by atoms with Crippen LogP contribution >= 0.6 is 15.9 Å². The number of carboxylic acids is 1. The van der Waals surface area contributed by atoms with Crippen molar-refractivity contribution in [2.24, 2.45) is 5.92 Å². The molecule has 0 spiro atoms. The molecule has 2 rings (SSSR count). The normalized spacial score (nSPS) is 21.5. The maximum Gasteiger partial charge on any atom is 0.308 e. The van der Waals surface area contributed by atoms with Gasteiger partial charge < -0.3 is 14.7 Å². The number of likely N-dealkylation sites (tertiary alicyclic amines) is 1. The molecule has 0 radical (unpaired) electrons. The Bertz CT molecular complexity index is 549. The van der Waals surface area contributed by atoms with Crippen LogP contribution in [0.2, 0.25) is 0 Å². The van der Waals surface area contributed by atoms with Crippen LogP contribution in [0, 0.1) is 5.92 Å². The molecule has 0 saturated carbocycles. The molecule has 5 nitrogen and oxygen atoms in total. The van der Waals surface area contributed by atoms with Gasteiger partial charge in [-0.2, -0.15) is 0 Å². The molecule has 1 aromatic rings. The second-order valence-electron chi connectivity index (χ2n) is 5.54. The summed E-state index contributed by atoms with van der Waals surface area (Å²) in [5.74, 6) is -0.630. The Balaban J connectivity index is 1.86. The number of hydrogen-bond donors (Lipinski definition) is 1. The lowest BCUT2D eigenvalue weighted by Gasteiger charge is -2.36. The number of hydrogen-bond acceptors (Lipinski definition) is 3. The van der Waals surface area contributed by atoms with E-state index in [1.165, 1.54) is 0 Å². The number of nitrogens with zero attached hydrogens (tertiary/aromatic N) is 1. The molecule has 2 unspecified atom stereocenters. The van der Waals surface area contributed by atoms with Gasteiger partial charge in [0.1, 0.15) is 5.75 Å². The molecule has 0 aliphatic carbocycles. The number of para-hydroxylation sites is 1. The van der Waals surface area contributed by atoms with Gasteiger partial charge in [-0.15, -0.1) is 0 Å². The molecule has 1 saturated heterocycles. The molecule has 1 aliphatic rings. The Labute approximate surface area is 138 Å². The van der Waals surface area contributed by atoms with Gasteiger partial charge in [0.25, 0.3) is 0 Å². The Kier molecular flexibility index (Phi) is 5.83. The fraction of sp³-hybridized carbons (Fsp3) is 0.500. The number of halogens is 1. The number of amides is 1. The minimum Gasteiger partial charge on any atom is -0.492 e. The quantitative estimate of drug-likeness (QED) is 0.866. The molecule has 1 amide bonds. The van der Waals surface area contributed by atoms with E-state index in [-0.39, 0.29) is 25.0 Å². The lowest BCUT2D eigenvalue weighted by Crippen LogP contribution is -2.47. The number of carbonyl (C=O) groups is 2. The number of benzene rings is 1. The fourth-order valence-corrected chi connectivity index (χ4v) is 3.01. The van der Waals surface area contributed by atoms with E-state index in [1.807, 2.05) is 31.2 Å². The van der Waals surface area contributed by atoms with Crippen LogP contribution in [0.25, 0.3) is 0 Å². The second-order valence-corrected chi connectivity index (χ2v) is 6.39. The highest BCUT2D eigenvalue weighted by Gasteiger charge is 2.32. The average Bonchev–Trinajstić information content (AvgIpc) is 2.49. The van der Waals surface area contributed by atoms with Gasteiger partial charge in [0.15, 0.2) is 0 Å². The minimum absolute atomic E-state index is 0.0505. The van der Waals surface area contributed by atoms with Gasteiger partial charge in [-0.1, -0.05) is 12.1 Å². The summed E-state index contributed by atoms with van der Waals surface area (Å²) in [5.41, 5.74) is 0. The summed E-state index contributed by atoms with van der Waals surface area (Å²) in [7, 11) is 0. The summed E-state index contributed by atoms with van der Waals surface area (Å²) >= 11 is 3.39. The molecule has 1 aromatic carbocycles. The van der Waals surface area contributed by atoms with E-state index in [0.717, 1.165) is 10.9 Å². The van der Waals surface area contributed by atoms with Crippen LogP contribution in [-0.2, 0) is 9.59 Å². The van der Waals surface area contributed by atoms with Crippen molar-refractivity contribution in [3.63, 3.8) is 0 Å². The Morgan fingerprint density at radius 3 is 2.77 bits per heavy atom. The third kappa shape index (κ3) is 4.22. The molecular weight excluding hydrogens is 350 g/mol. The van der Waals surface area contributed by atoms with Crippen molar-refractivity contribution in [2.75, 3.05) is 13.2 Å². The summed E-state index contributed by atoms with van der Waals surface area (Å²) in [6.07, 6.45) is 1.61. The summed E-state index contributed by atoms with van der Waals surface area (Å²) in [5, 5.41) is 9.11. The standard InChI is InChI=1S/C16H20BrNO4/c1-11-6-7-12(16(20)21)10-18(11)15(19)8-9-22-14-5-3-2-4-13(14)17/h2-5,11-12H,6-10H2,1H3,(H,20,21). The second kappa shape index (κ2) is 7.63. The predicted molar refractivity (Wildman–Crippen MR) is 85.8 cm³/mol. The molecule has 1 N–H and O–H groups in total. The van der Waals surface area contributed by atoms with Gasteiger partial charge in [0, 0.05) is 12.6 Å². The first kappa shape index (κ1) is 16.8. The lowest BCUT2D eigenvalue weighted by molar-refractivity contribution is -0.147. The lowest BCUT2D eigenvalue weighted by atomic mass is 9.93. The third-order valence-corrected chi connectivity index (χ3v) is 4.62. The molecule has 0 bridgehead atoms. The van der Waals surface area contributed by atoms with E-state index in [2.05, 4.69) is 15.9 Å². The summed E-state index contributed by atoms with van der Waals surface area (Å²) < 4.78 is 6.44. The molecule has 1 fully saturated rings. The SMILES string of the molecule is CC1CCC(C(=O)O)CN1C(=O)CCOc1ccccc1Br. The molecule has 1 aliphatic heterocycles. The van der Waals surface area contributed by atoms with Crippen molar-refractivity contribution in [2.45, 2.75) is 32.2 Å². The first-order valence-electron chi connectivity index (χ1n) is 7.38. The molecule has 6 heteroatoms. The monoisotopic (exact) mass is 369 g/mol. The van der Waals surface area contributed by atoms with Crippen LogP contribution in [0.1, 0.15) is 26.2 Å². The molecule has 0 aromatic heterocycles. The fourth-order valence-electron chi connectivity index (χ4n) is 2.61. The van der Waals surface area contributed by atoms with Gasteiger partial charge in [0.2, 0.25) is 5.91 Å². The van der Waals surface area contributed by atoms with Gasteiger partial charge >= 0.3 is 5.97 Å². The van der Waals surface area contributed by atoms with Crippen molar-refractivity contribution >= 4 is 27.8 Å². The van der Waals surface area contributed by atoms with E-state index < -0.39 is 11.9 Å². The van der Waals surface area contributed by atoms with Crippen molar-refractivity contribution < 1.29 is 19.4 Å². The first-order valence-corrected chi connectivity index (χ1v) is 8.18. The van der Waals surface area contributed by atoms with E-state index in [9.17, 15) is 9.59 Å². The van der Waals surface area contributed by atoms with Gasteiger partial charge in [0.05, 0.1) is 23.4 Å². The average molecular weight is 370 g/mol. The summed E-state index contributed by atoms with van der Waals surface area (Å²) in [6.45, 7) is 2.54. The van der Waals surface area contributed by atoms with E-state index >= 15 is 0 Å². The highest BCUT2D eigenvalue weighted by Crippen LogP contribution is 2.25. The smallest absolute Gasteiger partial charge is 0.308 e. The van der Waals surface area contributed by atoms with Crippen molar-refractivity contribution in [3.05, 3.63) is 28.7 Å². The third-order valence-electron chi connectivity index (χ3n) is 3.96. The number of carbonyl (C=O) groups excluding carboxylic acids is 1. The summed E-state index contributed by atoms with van der Waals surface area (Å²) in [6, 6.07) is 7.56. The van der Waals surface area contributed by atoms with Gasteiger partial charge in [-0.3, -0.25) is 9.59 Å². The van der Waals surface area contributed by atoms with Crippen LogP contribution in [0.5, 0.6) is 5.75 Å². The van der Waals surface area contributed by atoms with Crippen LogP contribution in [-0.4, -0.2) is 41.1 Å². The molecule has 1 heterocycles. The zero-order valence-electron chi connectivity index (χ0n) is 12.5. The zero-order chi connectivity index (χ0) is 16.1. The van der Waals surface area contributed by atoms with Gasteiger partial charge in [-0.05, 0) is 47.8 Å². The maximum absolute atomic E-state index is 12.3. The van der Waals surface area contributed by atoms with E-state index in [4.69, 9.17) is 9.84 Å². The zero-order valence-corrected chi connectivity index (χ0v) is 14.1. The highest BCUT2D eigenvalue weighted by molar-refractivity contribution is 9.10.